The number of para-hydroxylation sites is 1. The molecule has 4 rings (SSSR count). The maximum absolute atomic E-state index is 12.3. The van der Waals surface area contributed by atoms with Crippen LogP contribution in [0.5, 0.6) is 0 Å². The topological polar surface area (TPSA) is 62.4 Å². The number of benzene rings is 1. The van der Waals surface area contributed by atoms with E-state index in [2.05, 4.69) is 16.4 Å². The fourth-order valence-electron chi connectivity index (χ4n) is 3.00. The van der Waals surface area contributed by atoms with E-state index < -0.39 is 5.97 Å². The van der Waals surface area contributed by atoms with Crippen molar-refractivity contribution in [3.05, 3.63) is 57.9 Å². The van der Waals surface area contributed by atoms with Gasteiger partial charge in [0, 0.05) is 35.1 Å². The molecule has 0 spiro atoms. The number of fused-ring (bicyclic) bond motifs is 2. The van der Waals surface area contributed by atoms with Gasteiger partial charge in [0.25, 0.3) is 5.91 Å². The van der Waals surface area contributed by atoms with E-state index in [9.17, 15) is 9.59 Å². The number of ether oxygens (including phenoxy) is 1. The van der Waals surface area contributed by atoms with E-state index in [1.54, 1.807) is 22.4 Å². The van der Waals surface area contributed by atoms with Gasteiger partial charge in [0.05, 0.1) is 5.56 Å². The Kier molecular flexibility index (Phi) is 3.82. The molecule has 3 heterocycles. The normalized spacial score (nSPS) is 13.8. The van der Waals surface area contributed by atoms with E-state index in [0.717, 1.165) is 17.3 Å². The smallest absolute Gasteiger partial charge is 0.340 e. The minimum absolute atomic E-state index is 0.153. The molecule has 1 aliphatic heterocycles. The highest BCUT2D eigenvalue weighted by Crippen LogP contribution is 2.24. The zero-order chi connectivity index (χ0) is 16.5. The Hall–Kier alpha value is -2.60. The summed E-state index contributed by atoms with van der Waals surface area (Å²) in [5, 5.41) is 2.85. The van der Waals surface area contributed by atoms with Gasteiger partial charge in [-0.1, -0.05) is 18.2 Å². The van der Waals surface area contributed by atoms with Crippen molar-refractivity contribution in [2.45, 2.75) is 13.0 Å². The summed E-state index contributed by atoms with van der Waals surface area (Å²) in [5.41, 5.74) is 2.52. The van der Waals surface area contributed by atoms with Crippen LogP contribution in [0, 0.1) is 0 Å². The van der Waals surface area contributed by atoms with Gasteiger partial charge in [0.1, 0.15) is 0 Å². The molecular weight excluding hydrogens is 324 g/mol. The van der Waals surface area contributed by atoms with Crippen molar-refractivity contribution in [1.82, 2.24) is 9.88 Å². The minimum Gasteiger partial charge on any atom is -0.452 e. The highest BCUT2D eigenvalue weighted by atomic mass is 32.1. The lowest BCUT2D eigenvalue weighted by atomic mass is 10.1. The van der Waals surface area contributed by atoms with E-state index in [1.807, 2.05) is 24.3 Å². The molecule has 0 radical (unpaired) electrons. The van der Waals surface area contributed by atoms with E-state index >= 15 is 0 Å². The van der Waals surface area contributed by atoms with Gasteiger partial charge in [-0.15, -0.1) is 11.3 Å². The third-order valence-corrected chi connectivity index (χ3v) is 5.32. The number of nitrogens with zero attached hydrogens (tertiary/aromatic N) is 1. The molecule has 0 aliphatic carbocycles. The Morgan fingerprint density at radius 3 is 3.04 bits per heavy atom. The van der Waals surface area contributed by atoms with Crippen LogP contribution in [0.15, 0.2) is 41.9 Å². The Morgan fingerprint density at radius 1 is 1.25 bits per heavy atom. The van der Waals surface area contributed by atoms with Crippen LogP contribution in [0.4, 0.5) is 0 Å². The molecule has 0 saturated carbocycles. The second-order valence-corrected chi connectivity index (χ2v) is 6.76. The third kappa shape index (κ3) is 2.69. The maximum atomic E-state index is 12.3. The minimum atomic E-state index is -0.478. The van der Waals surface area contributed by atoms with Crippen LogP contribution in [0.1, 0.15) is 20.8 Å². The second-order valence-electron chi connectivity index (χ2n) is 5.76. The number of rotatable bonds is 3. The van der Waals surface area contributed by atoms with Crippen LogP contribution in [0.25, 0.3) is 10.9 Å². The van der Waals surface area contributed by atoms with E-state index in [4.69, 9.17) is 4.74 Å². The molecule has 2 aromatic heterocycles. The highest BCUT2D eigenvalue weighted by molar-refractivity contribution is 7.10. The van der Waals surface area contributed by atoms with Gasteiger partial charge < -0.3 is 14.6 Å². The number of hydrogen-bond donors (Lipinski definition) is 1. The first-order chi connectivity index (χ1) is 11.7. The molecule has 0 atom stereocenters. The summed E-state index contributed by atoms with van der Waals surface area (Å²) >= 11 is 1.73. The van der Waals surface area contributed by atoms with Crippen molar-refractivity contribution in [2.75, 3.05) is 13.2 Å². The van der Waals surface area contributed by atoms with Crippen LogP contribution in [-0.4, -0.2) is 34.9 Å². The summed E-state index contributed by atoms with van der Waals surface area (Å²) < 4.78 is 5.23. The number of hydrogen-bond acceptors (Lipinski definition) is 4. The monoisotopic (exact) mass is 340 g/mol. The number of carbonyl (C=O) groups excluding carboxylic acids is 2. The van der Waals surface area contributed by atoms with Gasteiger partial charge in [-0.3, -0.25) is 4.79 Å². The molecular formula is C18H16N2O3S. The molecule has 1 aliphatic rings. The number of aromatic nitrogens is 1. The van der Waals surface area contributed by atoms with Crippen molar-refractivity contribution in [1.29, 1.82) is 0 Å². The third-order valence-electron chi connectivity index (χ3n) is 4.30. The number of carbonyl (C=O) groups is 2. The summed E-state index contributed by atoms with van der Waals surface area (Å²) in [6.45, 7) is 1.05. The SMILES string of the molecule is O=C(OCC(=O)N1CCc2sccc2C1)c1c[nH]c2ccccc12. The van der Waals surface area contributed by atoms with Gasteiger partial charge in [0.15, 0.2) is 6.61 Å². The van der Waals surface area contributed by atoms with E-state index in [0.29, 0.717) is 18.7 Å². The van der Waals surface area contributed by atoms with Gasteiger partial charge in [-0.2, -0.15) is 0 Å². The van der Waals surface area contributed by atoms with Crippen LogP contribution in [-0.2, 0) is 22.5 Å². The fraction of sp³-hybridized carbons (Fsp3) is 0.222. The van der Waals surface area contributed by atoms with E-state index in [1.165, 1.54) is 10.4 Å². The molecule has 5 nitrogen and oxygen atoms in total. The van der Waals surface area contributed by atoms with Crippen LogP contribution in [0.3, 0.4) is 0 Å². The van der Waals surface area contributed by atoms with Crippen molar-refractivity contribution in [2.24, 2.45) is 0 Å². The summed E-state index contributed by atoms with van der Waals surface area (Å²) in [7, 11) is 0. The average molecular weight is 340 g/mol. The summed E-state index contributed by atoms with van der Waals surface area (Å²) in [4.78, 5) is 30.7. The van der Waals surface area contributed by atoms with E-state index in [-0.39, 0.29) is 12.5 Å². The molecule has 6 heteroatoms. The predicted octanol–water partition coefficient (Wildman–Crippen LogP) is 2.97. The summed E-state index contributed by atoms with van der Waals surface area (Å²) in [6.07, 6.45) is 2.49. The zero-order valence-electron chi connectivity index (χ0n) is 13.0. The molecule has 0 saturated heterocycles. The lowest BCUT2D eigenvalue weighted by Gasteiger charge is -2.26. The molecule has 24 heavy (non-hydrogen) atoms. The quantitative estimate of drug-likeness (QED) is 0.746. The molecule has 3 aromatic rings. The molecule has 1 N–H and O–H groups in total. The van der Waals surface area contributed by atoms with Crippen molar-refractivity contribution in [3.8, 4) is 0 Å². The highest BCUT2D eigenvalue weighted by Gasteiger charge is 2.23. The van der Waals surface area contributed by atoms with Crippen molar-refractivity contribution < 1.29 is 14.3 Å². The van der Waals surface area contributed by atoms with Crippen LogP contribution in [0.2, 0.25) is 0 Å². The zero-order valence-corrected chi connectivity index (χ0v) is 13.8. The predicted molar refractivity (Wildman–Crippen MR) is 92.0 cm³/mol. The Labute approximate surface area is 142 Å². The molecule has 1 aromatic carbocycles. The molecule has 0 unspecified atom stereocenters. The van der Waals surface area contributed by atoms with Gasteiger partial charge >= 0.3 is 5.97 Å². The van der Waals surface area contributed by atoms with Crippen molar-refractivity contribution >= 4 is 34.1 Å². The molecule has 0 fully saturated rings. The maximum Gasteiger partial charge on any atom is 0.340 e. The van der Waals surface area contributed by atoms with Gasteiger partial charge in [-0.05, 0) is 29.5 Å². The molecule has 1 amide bonds. The van der Waals surface area contributed by atoms with Crippen LogP contribution < -0.4 is 0 Å². The Balaban J connectivity index is 1.40. The Bertz CT molecular complexity index is 912. The van der Waals surface area contributed by atoms with Gasteiger partial charge in [0.2, 0.25) is 0 Å². The Morgan fingerprint density at radius 2 is 2.12 bits per heavy atom. The first kappa shape index (κ1) is 15.0. The lowest BCUT2D eigenvalue weighted by Crippen LogP contribution is -2.38. The molecule has 0 bridgehead atoms. The number of amides is 1. The van der Waals surface area contributed by atoms with Crippen LogP contribution >= 0.6 is 11.3 Å². The number of thiophene rings is 1. The largest absolute Gasteiger partial charge is 0.452 e. The first-order valence-electron chi connectivity index (χ1n) is 7.78. The van der Waals surface area contributed by atoms with Crippen molar-refractivity contribution in [3.63, 3.8) is 0 Å². The first-order valence-corrected chi connectivity index (χ1v) is 8.66. The number of H-pyrrole nitrogens is 1. The second kappa shape index (κ2) is 6.13. The number of nitrogens with one attached hydrogen (secondary N) is 1. The average Bonchev–Trinajstić information content (AvgIpc) is 3.25. The fourth-order valence-corrected chi connectivity index (χ4v) is 3.89. The lowest BCUT2D eigenvalue weighted by molar-refractivity contribution is -0.135. The van der Waals surface area contributed by atoms with Gasteiger partial charge in [-0.25, -0.2) is 4.79 Å². The molecule has 122 valence electrons. The summed E-state index contributed by atoms with van der Waals surface area (Å²) in [6, 6.07) is 9.56. The number of aromatic amines is 1. The standard InChI is InChI=1S/C18H16N2O3S/c21-17(20-7-5-16-12(10-20)6-8-24-16)11-23-18(22)14-9-19-15-4-2-1-3-13(14)15/h1-4,6,8-9,19H,5,7,10-11H2. The number of esters is 1. The summed E-state index contributed by atoms with van der Waals surface area (Å²) in [5.74, 6) is -0.630.